The molecule has 1 aromatic carbocycles. The van der Waals surface area contributed by atoms with Gasteiger partial charge in [-0.3, -0.25) is 5.10 Å². The van der Waals surface area contributed by atoms with E-state index in [-0.39, 0.29) is 23.5 Å². The lowest BCUT2D eigenvalue weighted by Gasteiger charge is -2.28. The molecule has 1 amide bonds. The number of nitrogens with one attached hydrogen (secondary N) is 4. The lowest BCUT2D eigenvalue weighted by Crippen LogP contribution is -2.38. The molecule has 1 saturated carbocycles. The predicted molar refractivity (Wildman–Crippen MR) is 148 cm³/mol. The van der Waals surface area contributed by atoms with Crippen LogP contribution < -0.4 is 10.6 Å². The van der Waals surface area contributed by atoms with E-state index in [4.69, 9.17) is 14.5 Å². The molecule has 4 rings (SSSR count). The molecule has 1 aliphatic carbocycles. The standard InChI is InChI=1S/C26H36N6O3S2/c1-15(2)35-26(33)30-19-8-6-18(7-9-19)25-28-14-22(36-25)21-11-10-20(29-24-12-17(5)31-32-24)13-23(21)37(27,34)16(3)4/h10-16,18-19,27H,6-9H2,1-5H3,(H,30,33)(H2,29,31,32)/t18-,19-,37?. The van der Waals surface area contributed by atoms with Crippen LogP contribution >= 0.6 is 11.3 Å². The highest BCUT2D eigenvalue weighted by atomic mass is 32.2. The Kier molecular flexibility index (Phi) is 8.23. The van der Waals surface area contributed by atoms with Gasteiger partial charge in [-0.25, -0.2) is 18.8 Å². The van der Waals surface area contributed by atoms with Gasteiger partial charge in [-0.05, 0) is 72.4 Å². The second-order valence-electron chi connectivity index (χ2n) is 10.1. The Hall–Kier alpha value is -2.92. The summed E-state index contributed by atoms with van der Waals surface area (Å²) in [5.74, 6) is 0.982. The summed E-state index contributed by atoms with van der Waals surface area (Å²) in [5.41, 5.74) is 2.45. The molecular weight excluding hydrogens is 508 g/mol. The molecule has 37 heavy (non-hydrogen) atoms. The molecule has 0 spiro atoms. The zero-order valence-electron chi connectivity index (χ0n) is 22.0. The first-order valence-electron chi connectivity index (χ1n) is 12.7. The van der Waals surface area contributed by atoms with Crippen LogP contribution in [0.3, 0.4) is 0 Å². The number of H-pyrrole nitrogens is 1. The van der Waals surface area contributed by atoms with E-state index >= 15 is 0 Å². The fourth-order valence-electron chi connectivity index (χ4n) is 4.44. The summed E-state index contributed by atoms with van der Waals surface area (Å²) in [7, 11) is -3.05. The molecule has 1 fully saturated rings. The molecule has 4 N–H and O–H groups in total. The number of benzene rings is 1. The van der Waals surface area contributed by atoms with Crippen molar-refractivity contribution in [3.05, 3.63) is 41.2 Å². The summed E-state index contributed by atoms with van der Waals surface area (Å²) >= 11 is 1.60. The van der Waals surface area contributed by atoms with E-state index in [2.05, 4.69) is 20.8 Å². The number of aromatic amines is 1. The Morgan fingerprint density at radius 3 is 2.54 bits per heavy atom. The maximum absolute atomic E-state index is 13.5. The number of alkyl carbamates (subject to hydrolysis) is 1. The Bertz CT molecular complexity index is 1340. The lowest BCUT2D eigenvalue weighted by atomic mass is 9.86. The largest absolute Gasteiger partial charge is 0.447 e. The second kappa shape index (κ2) is 11.2. The highest BCUT2D eigenvalue weighted by Gasteiger charge is 2.27. The summed E-state index contributed by atoms with van der Waals surface area (Å²) in [6.07, 6.45) is 4.95. The van der Waals surface area contributed by atoms with Crippen LogP contribution in [0.1, 0.15) is 70.0 Å². The number of aromatic nitrogens is 3. The quantitative estimate of drug-likeness (QED) is 0.254. The molecular formula is C26H36N6O3S2. The number of amides is 1. The van der Waals surface area contributed by atoms with Crippen LogP contribution in [0.4, 0.5) is 16.3 Å². The number of anilines is 2. The minimum Gasteiger partial charge on any atom is -0.447 e. The van der Waals surface area contributed by atoms with Gasteiger partial charge in [0.2, 0.25) is 0 Å². The van der Waals surface area contributed by atoms with E-state index in [1.165, 1.54) is 0 Å². The molecule has 11 heteroatoms. The second-order valence-corrected chi connectivity index (χ2v) is 13.8. The molecule has 2 heterocycles. The van der Waals surface area contributed by atoms with Crippen molar-refractivity contribution in [2.45, 2.75) is 88.5 Å². The van der Waals surface area contributed by atoms with Gasteiger partial charge in [0.25, 0.3) is 0 Å². The van der Waals surface area contributed by atoms with Gasteiger partial charge in [0.05, 0.1) is 30.6 Å². The highest BCUT2D eigenvalue weighted by Crippen LogP contribution is 2.40. The van der Waals surface area contributed by atoms with Crippen molar-refractivity contribution < 1.29 is 13.7 Å². The number of aryl methyl sites for hydroxylation is 1. The average Bonchev–Trinajstić information content (AvgIpc) is 3.48. The SMILES string of the molecule is Cc1cc(Nc2ccc(-c3cnc([C@H]4CC[C@H](NC(=O)OC(C)C)CC4)s3)c(S(=N)(=O)C(C)C)c2)n[nH]1. The van der Waals surface area contributed by atoms with Gasteiger partial charge in [0, 0.05) is 46.4 Å². The zero-order chi connectivity index (χ0) is 26.7. The van der Waals surface area contributed by atoms with E-state index < -0.39 is 9.73 Å². The molecule has 9 nitrogen and oxygen atoms in total. The van der Waals surface area contributed by atoms with Crippen LogP contribution in [-0.2, 0) is 14.5 Å². The Morgan fingerprint density at radius 2 is 1.92 bits per heavy atom. The molecule has 2 aromatic heterocycles. The summed E-state index contributed by atoms with van der Waals surface area (Å²) in [6, 6.07) is 7.66. The summed E-state index contributed by atoms with van der Waals surface area (Å²) in [6.45, 7) is 9.24. The van der Waals surface area contributed by atoms with Gasteiger partial charge >= 0.3 is 6.09 Å². The van der Waals surface area contributed by atoms with E-state index in [9.17, 15) is 9.00 Å². The maximum Gasteiger partial charge on any atom is 0.407 e. The zero-order valence-corrected chi connectivity index (χ0v) is 23.6. The number of ether oxygens (including phenoxy) is 1. The van der Waals surface area contributed by atoms with Crippen LogP contribution in [-0.4, -0.2) is 42.9 Å². The van der Waals surface area contributed by atoms with Gasteiger partial charge in [-0.1, -0.05) is 6.07 Å². The smallest absolute Gasteiger partial charge is 0.407 e. The van der Waals surface area contributed by atoms with Crippen LogP contribution in [0.25, 0.3) is 10.4 Å². The number of carbonyl (C=O) groups is 1. The van der Waals surface area contributed by atoms with Crippen LogP contribution in [0.5, 0.6) is 0 Å². The molecule has 0 bridgehead atoms. The maximum atomic E-state index is 13.5. The molecule has 1 unspecified atom stereocenters. The van der Waals surface area contributed by atoms with Crippen LogP contribution in [0.2, 0.25) is 0 Å². The van der Waals surface area contributed by atoms with Gasteiger partial charge < -0.3 is 15.4 Å². The first-order chi connectivity index (χ1) is 17.5. The minimum atomic E-state index is -3.05. The molecule has 1 aliphatic rings. The first-order valence-corrected chi connectivity index (χ1v) is 15.1. The van der Waals surface area contributed by atoms with Gasteiger partial charge in [-0.2, -0.15) is 5.10 Å². The fraction of sp³-hybridized carbons (Fsp3) is 0.500. The van der Waals surface area contributed by atoms with E-state index in [0.717, 1.165) is 52.5 Å². The molecule has 1 atom stereocenters. The number of rotatable bonds is 8. The molecule has 200 valence electrons. The van der Waals surface area contributed by atoms with Crippen LogP contribution in [0, 0.1) is 11.7 Å². The van der Waals surface area contributed by atoms with Crippen molar-refractivity contribution in [1.82, 2.24) is 20.5 Å². The summed E-state index contributed by atoms with van der Waals surface area (Å²) < 4.78 is 27.5. The Labute approximate surface area is 222 Å². The first kappa shape index (κ1) is 27.1. The van der Waals surface area contributed by atoms with Crippen molar-refractivity contribution in [2.24, 2.45) is 0 Å². The number of nitrogens with zero attached hydrogens (tertiary/aromatic N) is 2. The third-order valence-electron chi connectivity index (χ3n) is 6.48. The van der Waals surface area contributed by atoms with E-state index in [1.54, 1.807) is 17.4 Å². The predicted octanol–water partition coefficient (Wildman–Crippen LogP) is 6.56. The third kappa shape index (κ3) is 6.51. The van der Waals surface area contributed by atoms with Crippen molar-refractivity contribution in [1.29, 1.82) is 4.78 Å². The number of carbonyl (C=O) groups excluding carboxylic acids is 1. The highest BCUT2D eigenvalue weighted by molar-refractivity contribution is 7.93. The van der Waals surface area contributed by atoms with Crippen molar-refractivity contribution in [3.63, 3.8) is 0 Å². The number of hydrogen-bond acceptors (Lipinski definition) is 8. The topological polar surface area (TPSA) is 133 Å². The summed E-state index contributed by atoms with van der Waals surface area (Å²) in [5, 5.41) is 14.0. The third-order valence-corrected chi connectivity index (χ3v) is 9.99. The molecule has 3 aromatic rings. The van der Waals surface area contributed by atoms with Crippen LogP contribution in [0.15, 0.2) is 35.4 Å². The number of thiazole rings is 1. The Balaban J connectivity index is 1.53. The normalized spacial score (nSPS) is 19.5. The Morgan fingerprint density at radius 1 is 1.19 bits per heavy atom. The van der Waals surface area contributed by atoms with E-state index in [1.807, 2.05) is 59.0 Å². The molecule has 0 aliphatic heterocycles. The van der Waals surface area contributed by atoms with E-state index in [0.29, 0.717) is 16.6 Å². The monoisotopic (exact) mass is 544 g/mol. The van der Waals surface area contributed by atoms with Crippen molar-refractivity contribution in [3.8, 4) is 10.4 Å². The summed E-state index contributed by atoms with van der Waals surface area (Å²) in [4.78, 5) is 18.1. The minimum absolute atomic E-state index is 0.117. The lowest BCUT2D eigenvalue weighted by molar-refractivity contribution is 0.109. The molecule has 0 saturated heterocycles. The number of hydrogen-bond donors (Lipinski definition) is 4. The average molecular weight is 545 g/mol. The fourth-order valence-corrected chi connectivity index (χ4v) is 6.94. The van der Waals surface area contributed by atoms with Gasteiger partial charge in [0.15, 0.2) is 5.82 Å². The van der Waals surface area contributed by atoms with Gasteiger partial charge in [-0.15, -0.1) is 11.3 Å². The van der Waals surface area contributed by atoms with Crippen molar-refractivity contribution >= 4 is 38.7 Å². The van der Waals surface area contributed by atoms with Gasteiger partial charge in [0.1, 0.15) is 0 Å². The molecule has 0 radical (unpaired) electrons. The van der Waals surface area contributed by atoms with Crippen molar-refractivity contribution in [2.75, 3.05) is 5.32 Å².